The van der Waals surface area contributed by atoms with Gasteiger partial charge in [-0.25, -0.2) is 15.0 Å². The van der Waals surface area contributed by atoms with E-state index in [1.807, 2.05) is 22.6 Å². The second kappa shape index (κ2) is 6.08. The molecule has 1 aromatic carbocycles. The highest BCUT2D eigenvalue weighted by atomic mass is 127. The molecule has 0 spiro atoms. The summed E-state index contributed by atoms with van der Waals surface area (Å²) in [5.74, 6) is 0.0431. The molecule has 2 aromatic heterocycles. The lowest BCUT2D eigenvalue weighted by Crippen LogP contribution is -2.10. The number of H-pyrrole nitrogens is 1. The van der Waals surface area contributed by atoms with Crippen LogP contribution in [0.25, 0.3) is 22.9 Å². The minimum absolute atomic E-state index is 0.122. The summed E-state index contributed by atoms with van der Waals surface area (Å²) in [4.78, 5) is 14.6. The van der Waals surface area contributed by atoms with Crippen molar-refractivity contribution in [3.8, 4) is 22.9 Å². The summed E-state index contributed by atoms with van der Waals surface area (Å²) in [7, 11) is 0. The number of benzene rings is 1. The highest BCUT2D eigenvalue weighted by Crippen LogP contribution is 2.32. The molecule has 0 fully saturated rings. The Labute approximate surface area is 147 Å². The van der Waals surface area contributed by atoms with E-state index in [0.29, 0.717) is 14.3 Å². The molecule has 9 heteroatoms. The predicted octanol–water partition coefficient (Wildman–Crippen LogP) is 4.81. The maximum absolute atomic E-state index is 13.1. The van der Waals surface area contributed by atoms with Gasteiger partial charge < -0.3 is 4.98 Å². The summed E-state index contributed by atoms with van der Waals surface area (Å²) >= 11 is 7.84. The standard InChI is InChI=1S/C14H7ClF3IN4/c15-8-3-1-2-7(4-8)9-5-10(14(16,17)18)22-13(21-9)12-20-6-11(19)23-12/h1-6H,(H,20,23). The van der Waals surface area contributed by atoms with Crippen LogP contribution in [-0.4, -0.2) is 19.9 Å². The van der Waals surface area contributed by atoms with Gasteiger partial charge in [0.15, 0.2) is 11.6 Å². The van der Waals surface area contributed by atoms with Crippen LogP contribution < -0.4 is 0 Å². The van der Waals surface area contributed by atoms with Crippen LogP contribution in [0.3, 0.4) is 0 Å². The lowest BCUT2D eigenvalue weighted by atomic mass is 10.1. The zero-order valence-electron chi connectivity index (χ0n) is 11.2. The molecule has 0 aliphatic carbocycles. The van der Waals surface area contributed by atoms with E-state index in [4.69, 9.17) is 11.6 Å². The molecule has 3 aromatic rings. The Morgan fingerprint density at radius 2 is 1.87 bits per heavy atom. The number of hydrogen-bond donors (Lipinski definition) is 1. The molecule has 0 radical (unpaired) electrons. The van der Waals surface area contributed by atoms with Crippen LogP contribution in [-0.2, 0) is 6.18 Å². The molecule has 0 aliphatic heterocycles. The van der Waals surface area contributed by atoms with Gasteiger partial charge in [0, 0.05) is 16.8 Å². The molecule has 0 atom stereocenters. The fraction of sp³-hybridized carbons (Fsp3) is 0.0714. The Kier molecular flexibility index (Phi) is 4.28. The molecule has 118 valence electrons. The Hall–Kier alpha value is -1.68. The maximum Gasteiger partial charge on any atom is 0.433 e. The van der Waals surface area contributed by atoms with E-state index in [-0.39, 0.29) is 17.3 Å². The van der Waals surface area contributed by atoms with Gasteiger partial charge in [-0.05, 0) is 40.8 Å². The summed E-state index contributed by atoms with van der Waals surface area (Å²) in [6.07, 6.45) is -3.04. The zero-order valence-corrected chi connectivity index (χ0v) is 14.1. The van der Waals surface area contributed by atoms with E-state index < -0.39 is 11.9 Å². The van der Waals surface area contributed by atoms with Crippen molar-refractivity contribution >= 4 is 34.2 Å². The summed E-state index contributed by atoms with van der Waals surface area (Å²) in [5, 5.41) is 0.406. The topological polar surface area (TPSA) is 54.5 Å². The van der Waals surface area contributed by atoms with E-state index in [9.17, 15) is 13.2 Å². The number of halogens is 5. The summed E-state index contributed by atoms with van der Waals surface area (Å²) in [6, 6.07) is 7.34. The van der Waals surface area contributed by atoms with Crippen LogP contribution in [0.4, 0.5) is 13.2 Å². The van der Waals surface area contributed by atoms with Gasteiger partial charge in [0.05, 0.1) is 5.69 Å². The van der Waals surface area contributed by atoms with Gasteiger partial charge in [-0.2, -0.15) is 13.2 Å². The molecule has 1 N–H and O–H groups in total. The number of aromatic nitrogens is 4. The minimum atomic E-state index is -4.59. The van der Waals surface area contributed by atoms with Crippen LogP contribution in [0.15, 0.2) is 36.5 Å². The molecular weight excluding hydrogens is 444 g/mol. The number of rotatable bonds is 2. The molecule has 0 aliphatic rings. The van der Waals surface area contributed by atoms with Crippen LogP contribution in [0.2, 0.25) is 5.02 Å². The first-order valence-corrected chi connectivity index (χ1v) is 7.72. The van der Waals surface area contributed by atoms with Gasteiger partial charge in [-0.1, -0.05) is 23.7 Å². The monoisotopic (exact) mass is 450 g/mol. The summed E-state index contributed by atoms with van der Waals surface area (Å²) in [6.45, 7) is 0. The Bertz CT molecular complexity index is 863. The number of aromatic amines is 1. The van der Waals surface area contributed by atoms with Gasteiger partial charge in [0.25, 0.3) is 0 Å². The average molecular weight is 451 g/mol. The van der Waals surface area contributed by atoms with Crippen molar-refractivity contribution < 1.29 is 13.2 Å². The van der Waals surface area contributed by atoms with E-state index in [1.54, 1.807) is 30.5 Å². The Balaban J connectivity index is 2.20. The van der Waals surface area contributed by atoms with Gasteiger partial charge in [-0.15, -0.1) is 0 Å². The SMILES string of the molecule is FC(F)(F)c1cc(-c2cccc(Cl)c2)nc(-c2nc(I)c[nH]2)n1. The number of nitrogens with zero attached hydrogens (tertiary/aromatic N) is 3. The molecule has 0 unspecified atom stereocenters. The van der Waals surface area contributed by atoms with Crippen LogP contribution in [0, 0.1) is 3.70 Å². The lowest BCUT2D eigenvalue weighted by molar-refractivity contribution is -0.141. The third-order valence-corrected chi connectivity index (χ3v) is 3.68. The maximum atomic E-state index is 13.1. The third kappa shape index (κ3) is 3.63. The van der Waals surface area contributed by atoms with E-state index in [0.717, 1.165) is 6.07 Å². The van der Waals surface area contributed by atoms with Crippen LogP contribution >= 0.6 is 34.2 Å². The first kappa shape index (κ1) is 16.2. The number of hydrogen-bond acceptors (Lipinski definition) is 3. The number of nitrogens with one attached hydrogen (secondary N) is 1. The smallest absolute Gasteiger partial charge is 0.341 e. The van der Waals surface area contributed by atoms with Crippen molar-refractivity contribution in [1.82, 2.24) is 19.9 Å². The molecule has 0 bridgehead atoms. The highest BCUT2D eigenvalue weighted by Gasteiger charge is 2.34. The zero-order chi connectivity index (χ0) is 16.6. The average Bonchev–Trinajstić information content (AvgIpc) is 2.92. The van der Waals surface area contributed by atoms with E-state index >= 15 is 0 Å². The molecule has 23 heavy (non-hydrogen) atoms. The Morgan fingerprint density at radius 1 is 1.09 bits per heavy atom. The van der Waals surface area contributed by atoms with Gasteiger partial charge in [-0.3, -0.25) is 0 Å². The first-order chi connectivity index (χ1) is 10.8. The minimum Gasteiger partial charge on any atom is -0.341 e. The fourth-order valence-electron chi connectivity index (χ4n) is 1.91. The van der Waals surface area contributed by atoms with Gasteiger partial charge >= 0.3 is 6.18 Å². The molecule has 0 saturated heterocycles. The normalized spacial score (nSPS) is 11.7. The molecule has 4 nitrogen and oxygen atoms in total. The van der Waals surface area contributed by atoms with Crippen LogP contribution in [0.5, 0.6) is 0 Å². The van der Waals surface area contributed by atoms with Crippen molar-refractivity contribution in [1.29, 1.82) is 0 Å². The van der Waals surface area contributed by atoms with Gasteiger partial charge in [0.2, 0.25) is 0 Å². The first-order valence-electron chi connectivity index (χ1n) is 6.26. The quantitative estimate of drug-likeness (QED) is 0.570. The van der Waals surface area contributed by atoms with E-state index in [2.05, 4.69) is 19.9 Å². The number of imidazole rings is 1. The van der Waals surface area contributed by atoms with Crippen molar-refractivity contribution in [2.24, 2.45) is 0 Å². The molecule has 2 heterocycles. The highest BCUT2D eigenvalue weighted by molar-refractivity contribution is 14.1. The van der Waals surface area contributed by atoms with Crippen molar-refractivity contribution in [3.63, 3.8) is 0 Å². The third-order valence-electron chi connectivity index (χ3n) is 2.90. The number of alkyl halides is 3. The Morgan fingerprint density at radius 3 is 2.48 bits per heavy atom. The van der Waals surface area contributed by atoms with Crippen molar-refractivity contribution in [2.75, 3.05) is 0 Å². The lowest BCUT2D eigenvalue weighted by Gasteiger charge is -2.10. The molecule has 0 amide bonds. The second-order valence-electron chi connectivity index (χ2n) is 4.54. The van der Waals surface area contributed by atoms with E-state index in [1.165, 1.54) is 0 Å². The largest absolute Gasteiger partial charge is 0.433 e. The van der Waals surface area contributed by atoms with Gasteiger partial charge in [0.1, 0.15) is 9.39 Å². The van der Waals surface area contributed by atoms with Crippen molar-refractivity contribution in [2.45, 2.75) is 6.18 Å². The predicted molar refractivity (Wildman–Crippen MR) is 87.8 cm³/mol. The summed E-state index contributed by atoms with van der Waals surface area (Å²) < 4.78 is 39.9. The van der Waals surface area contributed by atoms with Crippen molar-refractivity contribution in [3.05, 3.63) is 50.9 Å². The second-order valence-corrected chi connectivity index (χ2v) is 6.08. The molecule has 3 rings (SSSR count). The molecular formula is C14H7ClF3IN4. The van der Waals surface area contributed by atoms with Crippen LogP contribution in [0.1, 0.15) is 5.69 Å². The fourth-order valence-corrected chi connectivity index (χ4v) is 2.50. The molecule has 0 saturated carbocycles. The summed E-state index contributed by atoms with van der Waals surface area (Å²) in [5.41, 5.74) is -0.451.